The normalized spacial score (nSPS) is 11.7. The van der Waals surface area contributed by atoms with Crippen molar-refractivity contribution in [1.29, 1.82) is 0 Å². The molecule has 0 aliphatic rings. The van der Waals surface area contributed by atoms with Crippen LogP contribution >= 0.6 is 37.9 Å². The van der Waals surface area contributed by atoms with Gasteiger partial charge >= 0.3 is 5.97 Å². The summed E-state index contributed by atoms with van der Waals surface area (Å²) in [6, 6.07) is 0. The van der Waals surface area contributed by atoms with E-state index in [0.717, 1.165) is 0 Å². The Hall–Kier alpha value is 0.400. The van der Waals surface area contributed by atoms with E-state index in [4.69, 9.17) is 20.4 Å². The maximum atomic E-state index is 10.1. The van der Waals surface area contributed by atoms with Gasteiger partial charge in [0.25, 0.3) is 0 Å². The molecule has 0 spiro atoms. The van der Waals surface area contributed by atoms with E-state index < -0.39 is 15.5 Å². The molecule has 0 aromatic rings. The molecule has 0 fully saturated rings. The number of aliphatic carboxylic acids is 1. The van der Waals surface area contributed by atoms with Crippen LogP contribution in [0.3, 0.4) is 0 Å². The summed E-state index contributed by atoms with van der Waals surface area (Å²) in [6.07, 6.45) is 0. The average Bonchev–Trinajstić information content (AvgIpc) is 2.28. The third-order valence-corrected chi connectivity index (χ3v) is 3.38. The predicted molar refractivity (Wildman–Crippen MR) is 71.6 cm³/mol. The molecule has 8 heteroatoms. The van der Waals surface area contributed by atoms with Crippen LogP contribution in [0, 0.1) is 5.41 Å². The van der Waals surface area contributed by atoms with Gasteiger partial charge in [0.1, 0.15) is 0 Å². The van der Waals surface area contributed by atoms with Gasteiger partial charge in [-0.15, -0.1) is 25.3 Å². The van der Waals surface area contributed by atoms with E-state index in [9.17, 15) is 4.79 Å². The van der Waals surface area contributed by atoms with Gasteiger partial charge in [0.2, 0.25) is 0 Å². The lowest BCUT2D eigenvalue weighted by Gasteiger charge is -2.20. The minimum Gasteiger partial charge on any atom is -0.480 e. The van der Waals surface area contributed by atoms with Crippen LogP contribution in [0.15, 0.2) is 0 Å². The highest BCUT2D eigenvalue weighted by molar-refractivity contribution is 8.03. The number of aliphatic hydroxyl groups excluding tert-OH is 3. The summed E-state index contributed by atoms with van der Waals surface area (Å²) in [5.41, 5.74) is -0.708. The van der Waals surface area contributed by atoms with Gasteiger partial charge in [-0.2, -0.15) is 12.6 Å². The zero-order valence-corrected chi connectivity index (χ0v) is 11.6. The fourth-order valence-electron chi connectivity index (χ4n) is 0.218. The molecule has 0 saturated heterocycles. The van der Waals surface area contributed by atoms with Crippen molar-refractivity contribution in [1.82, 2.24) is 0 Å². The maximum absolute atomic E-state index is 10.1. The number of carboxylic acids is 1. The van der Waals surface area contributed by atoms with E-state index >= 15 is 0 Å². The van der Waals surface area contributed by atoms with E-state index in [2.05, 4.69) is 37.9 Å². The standard InChI is InChI=1S/C5H12O3.C3H6O2S3/c1-5(2-6,3-7)4-8;4-2(5)3(7,8)1-6/h6-8H,2-4H2,1H3;6-8H,1H2,(H,4,5). The van der Waals surface area contributed by atoms with Crippen LogP contribution in [-0.4, -0.2) is 56.0 Å². The van der Waals surface area contributed by atoms with Crippen molar-refractivity contribution < 1.29 is 25.2 Å². The molecule has 0 aromatic heterocycles. The van der Waals surface area contributed by atoms with E-state index in [1.54, 1.807) is 6.92 Å². The molecule has 5 nitrogen and oxygen atoms in total. The van der Waals surface area contributed by atoms with Gasteiger partial charge in [-0.05, 0) is 0 Å². The largest absolute Gasteiger partial charge is 0.480 e. The SMILES string of the molecule is CC(CO)(CO)CO.O=C(O)C(S)(S)CS. The van der Waals surface area contributed by atoms with Crippen molar-refractivity contribution in [3.05, 3.63) is 0 Å². The fraction of sp³-hybridized carbons (Fsp3) is 0.875. The fourth-order valence-corrected chi connectivity index (χ4v) is 0.353. The van der Waals surface area contributed by atoms with Gasteiger partial charge in [0.05, 0.1) is 19.8 Å². The highest BCUT2D eigenvalue weighted by atomic mass is 32.2. The summed E-state index contributed by atoms with van der Waals surface area (Å²) in [5.74, 6) is -0.965. The van der Waals surface area contributed by atoms with Gasteiger partial charge in [0.15, 0.2) is 4.08 Å². The number of hydrogen-bond acceptors (Lipinski definition) is 7. The second-order valence-corrected chi connectivity index (χ2v) is 5.76. The molecule has 0 radical (unpaired) electrons. The zero-order chi connectivity index (χ0) is 13.4. The molecular formula is C8H18O5S3. The van der Waals surface area contributed by atoms with E-state index in [1.165, 1.54) is 0 Å². The third kappa shape index (κ3) is 7.64. The lowest BCUT2D eigenvalue weighted by atomic mass is 9.95. The minimum absolute atomic E-state index is 0.106. The Morgan fingerprint density at radius 2 is 1.44 bits per heavy atom. The summed E-state index contributed by atoms with van der Waals surface area (Å²) in [4.78, 5) is 10.1. The Bertz CT molecular complexity index is 198. The highest BCUT2D eigenvalue weighted by Gasteiger charge is 2.27. The topological polar surface area (TPSA) is 98.0 Å². The first-order valence-corrected chi connectivity index (χ1v) is 5.83. The van der Waals surface area contributed by atoms with Crippen LogP contribution in [0.4, 0.5) is 0 Å². The third-order valence-electron chi connectivity index (χ3n) is 1.71. The van der Waals surface area contributed by atoms with Gasteiger partial charge in [-0.25, -0.2) is 4.79 Å². The zero-order valence-electron chi connectivity index (χ0n) is 8.87. The molecular weight excluding hydrogens is 272 g/mol. The summed E-state index contributed by atoms with van der Waals surface area (Å²) in [5, 5.41) is 33.6. The van der Waals surface area contributed by atoms with Crippen molar-refractivity contribution in [2.75, 3.05) is 25.6 Å². The van der Waals surface area contributed by atoms with Crippen LogP contribution in [0.25, 0.3) is 0 Å². The molecule has 0 aliphatic carbocycles. The van der Waals surface area contributed by atoms with Crippen LogP contribution < -0.4 is 0 Å². The maximum Gasteiger partial charge on any atom is 0.330 e. The van der Waals surface area contributed by atoms with E-state index in [0.29, 0.717) is 0 Å². The quantitative estimate of drug-likeness (QED) is 0.274. The monoisotopic (exact) mass is 290 g/mol. The first-order chi connectivity index (χ1) is 7.19. The summed E-state index contributed by atoms with van der Waals surface area (Å²) >= 11 is 11.0. The molecule has 0 atom stereocenters. The number of hydrogen-bond donors (Lipinski definition) is 7. The van der Waals surface area contributed by atoms with E-state index in [-0.39, 0.29) is 25.6 Å². The average molecular weight is 290 g/mol. The van der Waals surface area contributed by atoms with Crippen LogP contribution in [0.5, 0.6) is 0 Å². The Kier molecular flexibility index (Phi) is 9.95. The van der Waals surface area contributed by atoms with Crippen molar-refractivity contribution in [2.24, 2.45) is 5.41 Å². The molecule has 0 aliphatic heterocycles. The number of thiol groups is 3. The molecule has 0 amide bonds. The lowest BCUT2D eigenvalue weighted by molar-refractivity contribution is -0.136. The Balaban J connectivity index is 0. The van der Waals surface area contributed by atoms with Crippen LogP contribution in [0.1, 0.15) is 6.92 Å². The lowest BCUT2D eigenvalue weighted by Crippen LogP contribution is -2.29. The van der Waals surface area contributed by atoms with Crippen LogP contribution in [-0.2, 0) is 4.79 Å². The molecule has 0 rings (SSSR count). The van der Waals surface area contributed by atoms with Gasteiger partial charge in [-0.1, -0.05) is 6.92 Å². The molecule has 0 saturated carbocycles. The second kappa shape index (κ2) is 8.48. The smallest absolute Gasteiger partial charge is 0.330 e. The van der Waals surface area contributed by atoms with Gasteiger partial charge in [0, 0.05) is 11.2 Å². The molecule has 0 aromatic carbocycles. The molecule has 0 bridgehead atoms. The summed E-state index contributed by atoms with van der Waals surface area (Å²) < 4.78 is -1.29. The second-order valence-electron chi connectivity index (χ2n) is 3.56. The number of aliphatic hydroxyl groups is 3. The predicted octanol–water partition coefficient (Wildman–Crippen LogP) is -0.474. The Morgan fingerprint density at radius 3 is 1.44 bits per heavy atom. The van der Waals surface area contributed by atoms with Gasteiger partial charge < -0.3 is 20.4 Å². The number of carbonyl (C=O) groups is 1. The van der Waals surface area contributed by atoms with Crippen molar-refractivity contribution in [3.63, 3.8) is 0 Å². The summed E-state index contributed by atoms with van der Waals surface area (Å²) in [6.45, 7) is 1.06. The Morgan fingerprint density at radius 1 is 1.12 bits per heavy atom. The summed E-state index contributed by atoms with van der Waals surface area (Å²) in [7, 11) is 0. The number of rotatable bonds is 5. The van der Waals surface area contributed by atoms with Crippen molar-refractivity contribution >= 4 is 43.9 Å². The van der Waals surface area contributed by atoms with Crippen LogP contribution in [0.2, 0.25) is 0 Å². The van der Waals surface area contributed by atoms with E-state index in [1.807, 2.05) is 0 Å². The molecule has 0 heterocycles. The molecule has 98 valence electrons. The Labute approximate surface area is 111 Å². The first-order valence-electron chi connectivity index (χ1n) is 4.30. The van der Waals surface area contributed by atoms with Crippen molar-refractivity contribution in [2.45, 2.75) is 11.0 Å². The molecule has 4 N–H and O–H groups in total. The number of carboxylic acid groups (broad SMARTS) is 1. The molecule has 16 heavy (non-hydrogen) atoms. The van der Waals surface area contributed by atoms with Gasteiger partial charge in [-0.3, -0.25) is 0 Å². The highest BCUT2D eigenvalue weighted by Crippen LogP contribution is 2.20. The van der Waals surface area contributed by atoms with Crippen molar-refractivity contribution in [3.8, 4) is 0 Å². The first kappa shape index (κ1) is 18.8. The molecule has 0 unspecified atom stereocenters. The minimum atomic E-state index is -1.29.